The molecule has 8 nitrogen and oxygen atoms in total. The van der Waals surface area contributed by atoms with E-state index in [1.165, 1.54) is 4.90 Å². The minimum Gasteiger partial charge on any atom is -0.490 e. The van der Waals surface area contributed by atoms with Crippen molar-refractivity contribution in [1.29, 1.82) is 0 Å². The van der Waals surface area contributed by atoms with Crippen molar-refractivity contribution in [1.82, 2.24) is 20.5 Å². The van der Waals surface area contributed by atoms with Gasteiger partial charge in [-0.1, -0.05) is 30.0 Å². The smallest absolute Gasteiger partial charge is 0.317 e. The van der Waals surface area contributed by atoms with Gasteiger partial charge in [-0.2, -0.15) is 0 Å². The Morgan fingerprint density at radius 1 is 1.20 bits per heavy atom. The number of aliphatic hydroxyl groups excluding tert-OH is 1. The molecule has 0 unspecified atom stereocenters. The van der Waals surface area contributed by atoms with Crippen molar-refractivity contribution in [3.8, 4) is 17.6 Å². The molecule has 0 fully saturated rings. The summed E-state index contributed by atoms with van der Waals surface area (Å²) in [5.41, 5.74) is 2.97. The van der Waals surface area contributed by atoms with Crippen LogP contribution < -0.4 is 15.4 Å². The minimum atomic E-state index is -0.482. The molecule has 184 valence electrons. The summed E-state index contributed by atoms with van der Waals surface area (Å²) in [6.45, 7) is 3.80. The van der Waals surface area contributed by atoms with E-state index in [1.807, 2.05) is 44.3 Å². The van der Waals surface area contributed by atoms with Gasteiger partial charge in [-0.3, -0.25) is 4.79 Å². The molecule has 0 aliphatic heterocycles. The summed E-state index contributed by atoms with van der Waals surface area (Å²) < 4.78 is 5.85. The second-order valence-electron chi connectivity index (χ2n) is 8.51. The van der Waals surface area contributed by atoms with Crippen molar-refractivity contribution in [2.75, 3.05) is 27.2 Å². The number of ether oxygens (including phenoxy) is 1. The number of hydrogen-bond acceptors (Lipinski definition) is 4. The third-order valence-electron chi connectivity index (χ3n) is 5.39. The van der Waals surface area contributed by atoms with Crippen LogP contribution in [0.15, 0.2) is 48.7 Å². The number of rotatable bonds is 8. The van der Waals surface area contributed by atoms with Crippen LogP contribution in [0, 0.1) is 11.8 Å². The van der Waals surface area contributed by atoms with Crippen LogP contribution in [0.3, 0.4) is 0 Å². The topological polar surface area (TPSA) is 107 Å². The molecule has 4 N–H and O–H groups in total. The monoisotopic (exact) mass is 476 g/mol. The Balaban J connectivity index is 1.80. The fourth-order valence-corrected chi connectivity index (χ4v) is 3.66. The van der Waals surface area contributed by atoms with Crippen LogP contribution in [0.5, 0.6) is 5.75 Å². The lowest BCUT2D eigenvalue weighted by molar-refractivity contribution is 0.0910. The minimum absolute atomic E-state index is 0.125. The number of nitrogens with zero attached hydrogens (tertiary/aromatic N) is 1. The van der Waals surface area contributed by atoms with Gasteiger partial charge in [0, 0.05) is 36.8 Å². The number of hydrogen-bond donors (Lipinski definition) is 4. The highest BCUT2D eigenvalue weighted by Crippen LogP contribution is 2.23. The van der Waals surface area contributed by atoms with Crippen LogP contribution in [-0.2, 0) is 6.42 Å². The van der Waals surface area contributed by atoms with E-state index in [4.69, 9.17) is 4.74 Å². The van der Waals surface area contributed by atoms with Crippen LogP contribution >= 0.6 is 0 Å². The quantitative estimate of drug-likeness (QED) is 0.375. The van der Waals surface area contributed by atoms with Crippen LogP contribution in [0.2, 0.25) is 0 Å². The number of aliphatic hydroxyl groups is 1. The van der Waals surface area contributed by atoms with E-state index in [1.54, 1.807) is 32.3 Å². The standard InChI is InChI=1S/C27H32N4O4/c1-18(2)35-25-12-11-19(8-7-13-31(4)27(34)28-3)14-23(25)26(33)30-21(17-32)15-20-16-29-24-10-6-5-9-22(20)24/h5-6,9-12,14,16,18,21,29,32H,13,15,17H2,1-4H3,(H,28,34)(H,30,33)/t21-/m1/s1. The van der Waals surface area contributed by atoms with Gasteiger partial charge >= 0.3 is 6.03 Å². The van der Waals surface area contributed by atoms with E-state index in [0.717, 1.165) is 16.5 Å². The first-order valence-corrected chi connectivity index (χ1v) is 11.5. The number of fused-ring (bicyclic) bond motifs is 1. The molecule has 2 aromatic carbocycles. The predicted molar refractivity (Wildman–Crippen MR) is 137 cm³/mol. The van der Waals surface area contributed by atoms with Gasteiger partial charge in [0.05, 0.1) is 30.9 Å². The van der Waals surface area contributed by atoms with Crippen molar-refractivity contribution in [3.63, 3.8) is 0 Å². The van der Waals surface area contributed by atoms with Gasteiger partial charge in [0.1, 0.15) is 5.75 Å². The SMILES string of the molecule is CNC(=O)N(C)CC#Cc1ccc(OC(C)C)c(C(=O)N[C@@H](CO)Cc2c[nH]c3ccccc23)c1. The molecule has 3 aromatic rings. The second kappa shape index (κ2) is 12.0. The molecule has 0 radical (unpaired) electrons. The average molecular weight is 477 g/mol. The molecule has 0 aliphatic carbocycles. The second-order valence-corrected chi connectivity index (χ2v) is 8.51. The molecule has 3 rings (SSSR count). The number of nitrogens with one attached hydrogen (secondary N) is 3. The zero-order chi connectivity index (χ0) is 25.4. The lowest BCUT2D eigenvalue weighted by Crippen LogP contribution is -2.39. The van der Waals surface area contributed by atoms with Crippen molar-refractivity contribution >= 4 is 22.8 Å². The Bertz CT molecular complexity index is 1240. The largest absolute Gasteiger partial charge is 0.490 e. The van der Waals surface area contributed by atoms with Crippen molar-refractivity contribution in [2.24, 2.45) is 0 Å². The Labute approximate surface area is 205 Å². The maximum atomic E-state index is 13.3. The molecular weight excluding hydrogens is 444 g/mol. The summed E-state index contributed by atoms with van der Waals surface area (Å²) in [6.07, 6.45) is 2.25. The van der Waals surface area contributed by atoms with Gasteiger partial charge < -0.3 is 30.4 Å². The number of para-hydroxylation sites is 1. The first-order valence-electron chi connectivity index (χ1n) is 11.5. The van der Waals surface area contributed by atoms with Gasteiger partial charge in [-0.25, -0.2) is 4.79 Å². The Hall–Kier alpha value is -3.96. The summed E-state index contributed by atoms with van der Waals surface area (Å²) in [4.78, 5) is 29.5. The Morgan fingerprint density at radius 3 is 2.69 bits per heavy atom. The average Bonchev–Trinajstić information content (AvgIpc) is 3.26. The molecule has 0 bridgehead atoms. The molecule has 35 heavy (non-hydrogen) atoms. The summed E-state index contributed by atoms with van der Waals surface area (Å²) in [5.74, 6) is 6.02. The van der Waals surface area contributed by atoms with Crippen molar-refractivity contribution in [2.45, 2.75) is 32.4 Å². The number of urea groups is 1. The highest BCUT2D eigenvalue weighted by atomic mass is 16.5. The molecule has 8 heteroatoms. The Morgan fingerprint density at radius 2 is 1.97 bits per heavy atom. The summed E-state index contributed by atoms with van der Waals surface area (Å²) >= 11 is 0. The van der Waals surface area contributed by atoms with Gasteiger partial charge in [0.2, 0.25) is 0 Å². The Kier molecular flexibility index (Phi) is 8.76. The lowest BCUT2D eigenvalue weighted by Gasteiger charge is -2.19. The zero-order valence-corrected chi connectivity index (χ0v) is 20.5. The van der Waals surface area contributed by atoms with Crippen molar-refractivity contribution < 1.29 is 19.4 Å². The van der Waals surface area contributed by atoms with Crippen LogP contribution in [0.1, 0.15) is 35.3 Å². The predicted octanol–water partition coefficient (Wildman–Crippen LogP) is 2.91. The van der Waals surface area contributed by atoms with E-state index in [2.05, 4.69) is 27.5 Å². The molecule has 1 aromatic heterocycles. The van der Waals surface area contributed by atoms with E-state index in [9.17, 15) is 14.7 Å². The zero-order valence-electron chi connectivity index (χ0n) is 20.5. The molecule has 1 atom stereocenters. The van der Waals surface area contributed by atoms with E-state index < -0.39 is 6.04 Å². The first kappa shape index (κ1) is 25.7. The van der Waals surface area contributed by atoms with Gasteiger partial charge in [-0.05, 0) is 50.1 Å². The number of aromatic amines is 1. The number of aromatic nitrogens is 1. The fourth-order valence-electron chi connectivity index (χ4n) is 3.66. The van der Waals surface area contributed by atoms with Gasteiger partial charge in [-0.15, -0.1) is 0 Å². The number of H-pyrrole nitrogens is 1. The molecule has 1 heterocycles. The summed E-state index contributed by atoms with van der Waals surface area (Å²) in [7, 11) is 3.21. The maximum Gasteiger partial charge on any atom is 0.317 e. The van der Waals surface area contributed by atoms with Crippen LogP contribution in [0.25, 0.3) is 10.9 Å². The molecular formula is C27H32N4O4. The third-order valence-corrected chi connectivity index (χ3v) is 5.39. The van der Waals surface area contributed by atoms with E-state index in [-0.39, 0.29) is 31.2 Å². The molecule has 0 saturated carbocycles. The third kappa shape index (κ3) is 6.78. The highest BCUT2D eigenvalue weighted by Gasteiger charge is 2.19. The van der Waals surface area contributed by atoms with E-state index in [0.29, 0.717) is 23.3 Å². The number of benzene rings is 2. The van der Waals surface area contributed by atoms with Crippen LogP contribution in [0.4, 0.5) is 4.79 Å². The number of carbonyl (C=O) groups excluding carboxylic acids is 2. The molecule has 0 aliphatic rings. The number of amides is 3. The summed E-state index contributed by atoms with van der Waals surface area (Å²) in [6, 6.07) is 12.4. The molecule has 0 spiro atoms. The lowest BCUT2D eigenvalue weighted by atomic mass is 10.0. The van der Waals surface area contributed by atoms with Crippen molar-refractivity contribution in [3.05, 3.63) is 65.4 Å². The fraction of sp³-hybridized carbons (Fsp3) is 0.333. The summed E-state index contributed by atoms with van der Waals surface area (Å²) in [5, 5.41) is 16.5. The first-order chi connectivity index (χ1) is 16.8. The molecule has 0 saturated heterocycles. The van der Waals surface area contributed by atoms with Gasteiger partial charge in [0.25, 0.3) is 5.91 Å². The van der Waals surface area contributed by atoms with Gasteiger partial charge in [0.15, 0.2) is 0 Å². The highest BCUT2D eigenvalue weighted by molar-refractivity contribution is 5.97. The maximum absolute atomic E-state index is 13.3. The number of carbonyl (C=O) groups is 2. The molecule has 3 amide bonds. The van der Waals surface area contributed by atoms with Crippen LogP contribution in [-0.4, -0.2) is 66.3 Å². The normalized spacial score (nSPS) is 11.5. The van der Waals surface area contributed by atoms with E-state index >= 15 is 0 Å².